The van der Waals surface area contributed by atoms with Crippen LogP contribution in [0.15, 0.2) is 28.7 Å². The highest BCUT2D eigenvalue weighted by atomic mass is 79.9. The zero-order valence-corrected chi connectivity index (χ0v) is 11.7. The van der Waals surface area contributed by atoms with Crippen molar-refractivity contribution >= 4 is 38.6 Å². The van der Waals surface area contributed by atoms with Crippen molar-refractivity contribution in [2.75, 3.05) is 19.6 Å². The van der Waals surface area contributed by atoms with Gasteiger partial charge in [0.1, 0.15) is 5.69 Å². The molecule has 0 saturated carbocycles. The maximum absolute atomic E-state index is 12.3. The number of hydrogen-bond acceptors (Lipinski definition) is 2. The van der Waals surface area contributed by atoms with Gasteiger partial charge in [0.05, 0.1) is 6.54 Å². The van der Waals surface area contributed by atoms with E-state index in [-0.39, 0.29) is 18.4 Å². The van der Waals surface area contributed by atoms with E-state index in [1.165, 1.54) is 0 Å². The molecule has 6 heteroatoms. The van der Waals surface area contributed by atoms with E-state index in [0.29, 0.717) is 18.8 Å². The van der Waals surface area contributed by atoms with Gasteiger partial charge in [-0.3, -0.25) is 9.59 Å². The number of halogens is 1. The smallest absolute Gasteiger partial charge is 0.270 e. The summed E-state index contributed by atoms with van der Waals surface area (Å²) in [5.41, 5.74) is 1.43. The van der Waals surface area contributed by atoms with Crippen LogP contribution in [0.5, 0.6) is 0 Å². The number of amides is 2. The molecule has 0 aliphatic carbocycles. The number of fused-ring (bicyclic) bond motifs is 1. The van der Waals surface area contributed by atoms with Gasteiger partial charge in [-0.15, -0.1) is 0 Å². The van der Waals surface area contributed by atoms with Crippen LogP contribution in [0, 0.1) is 0 Å². The molecule has 0 spiro atoms. The highest BCUT2D eigenvalue weighted by Gasteiger charge is 2.23. The van der Waals surface area contributed by atoms with Crippen molar-refractivity contribution in [2.45, 2.75) is 0 Å². The Balaban J connectivity index is 1.90. The molecule has 0 unspecified atom stereocenters. The number of benzene rings is 1. The van der Waals surface area contributed by atoms with Gasteiger partial charge in [-0.2, -0.15) is 0 Å². The van der Waals surface area contributed by atoms with Gasteiger partial charge in [0.25, 0.3) is 5.91 Å². The molecule has 2 N–H and O–H groups in total. The second-order valence-corrected chi connectivity index (χ2v) is 5.41. The lowest BCUT2D eigenvalue weighted by atomic mass is 10.2. The number of hydrogen-bond donors (Lipinski definition) is 2. The summed E-state index contributed by atoms with van der Waals surface area (Å²) in [5.74, 6) is -0.249. The number of piperazine rings is 1. The molecule has 2 amide bonds. The molecule has 1 aromatic heterocycles. The summed E-state index contributed by atoms with van der Waals surface area (Å²) in [6.45, 7) is 1.18. The minimum atomic E-state index is -0.137. The summed E-state index contributed by atoms with van der Waals surface area (Å²) in [7, 11) is 0. The van der Waals surface area contributed by atoms with E-state index in [0.717, 1.165) is 15.4 Å². The molecule has 1 saturated heterocycles. The van der Waals surface area contributed by atoms with Crippen LogP contribution in [0.1, 0.15) is 10.5 Å². The molecule has 2 heterocycles. The fraction of sp³-hybridized carbons (Fsp3) is 0.231. The predicted molar refractivity (Wildman–Crippen MR) is 74.9 cm³/mol. The van der Waals surface area contributed by atoms with Gasteiger partial charge in [-0.25, -0.2) is 0 Å². The first kappa shape index (κ1) is 12.2. The van der Waals surface area contributed by atoms with Gasteiger partial charge >= 0.3 is 0 Å². The van der Waals surface area contributed by atoms with Crippen LogP contribution < -0.4 is 5.32 Å². The Morgan fingerprint density at radius 2 is 2.16 bits per heavy atom. The minimum Gasteiger partial charge on any atom is -0.353 e. The summed E-state index contributed by atoms with van der Waals surface area (Å²) in [6, 6.07) is 7.60. The quantitative estimate of drug-likeness (QED) is 0.836. The van der Waals surface area contributed by atoms with E-state index in [1.54, 1.807) is 4.90 Å². The number of carbonyl (C=O) groups excluding carboxylic acids is 2. The largest absolute Gasteiger partial charge is 0.353 e. The van der Waals surface area contributed by atoms with Gasteiger partial charge in [0.2, 0.25) is 5.91 Å². The topological polar surface area (TPSA) is 65.2 Å². The Labute approximate surface area is 118 Å². The second kappa shape index (κ2) is 4.70. The number of aromatic amines is 1. The third-order valence-electron chi connectivity index (χ3n) is 3.14. The first-order chi connectivity index (χ1) is 9.13. The van der Waals surface area contributed by atoms with Crippen molar-refractivity contribution in [1.82, 2.24) is 15.2 Å². The van der Waals surface area contributed by atoms with Crippen molar-refractivity contribution < 1.29 is 9.59 Å². The molecule has 1 aliphatic rings. The first-order valence-electron chi connectivity index (χ1n) is 5.98. The van der Waals surface area contributed by atoms with Crippen molar-refractivity contribution in [3.8, 4) is 0 Å². The zero-order chi connectivity index (χ0) is 13.4. The lowest BCUT2D eigenvalue weighted by Gasteiger charge is -2.26. The molecule has 5 nitrogen and oxygen atoms in total. The van der Waals surface area contributed by atoms with Gasteiger partial charge in [-0.1, -0.05) is 15.9 Å². The summed E-state index contributed by atoms with van der Waals surface area (Å²) in [6.07, 6.45) is 0. The molecule has 19 heavy (non-hydrogen) atoms. The van der Waals surface area contributed by atoms with E-state index in [2.05, 4.69) is 26.2 Å². The molecule has 0 bridgehead atoms. The van der Waals surface area contributed by atoms with Gasteiger partial charge in [0.15, 0.2) is 0 Å². The molecule has 3 rings (SSSR count). The molecule has 1 fully saturated rings. The van der Waals surface area contributed by atoms with E-state index in [1.807, 2.05) is 24.3 Å². The Bertz CT molecular complexity index is 665. The van der Waals surface area contributed by atoms with Crippen molar-refractivity contribution in [3.63, 3.8) is 0 Å². The van der Waals surface area contributed by atoms with Crippen molar-refractivity contribution in [2.24, 2.45) is 0 Å². The van der Waals surface area contributed by atoms with E-state index < -0.39 is 0 Å². The zero-order valence-electron chi connectivity index (χ0n) is 10.1. The third kappa shape index (κ3) is 2.35. The molecule has 1 aliphatic heterocycles. The monoisotopic (exact) mass is 321 g/mol. The lowest BCUT2D eigenvalue weighted by Crippen LogP contribution is -2.50. The average Bonchev–Trinajstić information content (AvgIpc) is 2.80. The lowest BCUT2D eigenvalue weighted by molar-refractivity contribution is -0.123. The number of nitrogens with zero attached hydrogens (tertiary/aromatic N) is 1. The summed E-state index contributed by atoms with van der Waals surface area (Å²) >= 11 is 3.40. The molecular weight excluding hydrogens is 310 g/mol. The van der Waals surface area contributed by atoms with E-state index in [9.17, 15) is 9.59 Å². The van der Waals surface area contributed by atoms with Crippen molar-refractivity contribution in [1.29, 1.82) is 0 Å². The average molecular weight is 322 g/mol. The fourth-order valence-electron chi connectivity index (χ4n) is 2.20. The number of rotatable bonds is 1. The van der Waals surface area contributed by atoms with Crippen LogP contribution in [-0.4, -0.2) is 41.3 Å². The van der Waals surface area contributed by atoms with Gasteiger partial charge in [-0.05, 0) is 24.3 Å². The highest BCUT2D eigenvalue weighted by Crippen LogP contribution is 2.21. The maximum atomic E-state index is 12.3. The van der Waals surface area contributed by atoms with Crippen LogP contribution in [0.3, 0.4) is 0 Å². The number of aromatic nitrogens is 1. The molecule has 0 radical (unpaired) electrons. The van der Waals surface area contributed by atoms with Crippen LogP contribution in [0.4, 0.5) is 0 Å². The SMILES string of the molecule is O=C1CN(C(=O)c2cc3cc(Br)ccc3[nH]2)CCN1. The van der Waals surface area contributed by atoms with Crippen LogP contribution in [-0.2, 0) is 4.79 Å². The first-order valence-corrected chi connectivity index (χ1v) is 6.77. The van der Waals surface area contributed by atoms with Crippen LogP contribution in [0.25, 0.3) is 10.9 Å². The van der Waals surface area contributed by atoms with Crippen LogP contribution >= 0.6 is 15.9 Å². The Morgan fingerprint density at radius 1 is 1.32 bits per heavy atom. The third-order valence-corrected chi connectivity index (χ3v) is 3.63. The maximum Gasteiger partial charge on any atom is 0.270 e. The molecule has 2 aromatic rings. The number of nitrogens with one attached hydrogen (secondary N) is 2. The van der Waals surface area contributed by atoms with Gasteiger partial charge in [0, 0.05) is 28.5 Å². The second-order valence-electron chi connectivity index (χ2n) is 4.49. The summed E-state index contributed by atoms with van der Waals surface area (Å²) in [4.78, 5) is 28.3. The highest BCUT2D eigenvalue weighted by molar-refractivity contribution is 9.10. The molecular formula is C13H12BrN3O2. The normalized spacial score (nSPS) is 15.6. The predicted octanol–water partition coefficient (Wildman–Crippen LogP) is 1.50. The van der Waals surface area contributed by atoms with Crippen molar-refractivity contribution in [3.05, 3.63) is 34.4 Å². The van der Waals surface area contributed by atoms with E-state index >= 15 is 0 Å². The van der Waals surface area contributed by atoms with Crippen LogP contribution in [0.2, 0.25) is 0 Å². The Kier molecular flexibility index (Phi) is 3.02. The Hall–Kier alpha value is -1.82. The standard InChI is InChI=1S/C13H12BrN3O2/c14-9-1-2-10-8(5-9)6-11(16-10)13(19)17-4-3-15-12(18)7-17/h1-2,5-6,16H,3-4,7H2,(H,15,18). The number of carbonyl (C=O) groups is 2. The fourth-order valence-corrected chi connectivity index (χ4v) is 2.58. The molecule has 0 atom stereocenters. The van der Waals surface area contributed by atoms with E-state index in [4.69, 9.17) is 0 Å². The minimum absolute atomic E-state index is 0.113. The summed E-state index contributed by atoms with van der Waals surface area (Å²) in [5, 5.41) is 3.67. The molecule has 98 valence electrons. The number of H-pyrrole nitrogens is 1. The Morgan fingerprint density at radius 3 is 2.95 bits per heavy atom. The molecule has 1 aromatic carbocycles. The summed E-state index contributed by atoms with van der Waals surface area (Å²) < 4.78 is 0.968. The van der Waals surface area contributed by atoms with Gasteiger partial charge < -0.3 is 15.2 Å².